The SMILES string of the molecule is CC(C)[C@H](NC1CCN(CCC(F)(F)F)CC1)c1nc(-c2cccnc2)no1. The van der Waals surface area contributed by atoms with Crippen LogP contribution in [0.4, 0.5) is 13.2 Å². The number of aromatic nitrogens is 3. The smallest absolute Gasteiger partial charge is 0.337 e. The third-order valence-corrected chi connectivity index (χ3v) is 5.01. The fraction of sp³-hybridized carbons (Fsp3) is 0.632. The molecule has 1 aliphatic rings. The van der Waals surface area contributed by atoms with E-state index in [0.717, 1.165) is 18.4 Å². The summed E-state index contributed by atoms with van der Waals surface area (Å²) in [5.41, 5.74) is 0.790. The summed E-state index contributed by atoms with van der Waals surface area (Å²) in [6.07, 6.45) is 0.114. The highest BCUT2D eigenvalue weighted by atomic mass is 19.4. The molecule has 9 heteroatoms. The highest BCUT2D eigenvalue weighted by molar-refractivity contribution is 5.51. The first-order valence-electron chi connectivity index (χ1n) is 9.61. The van der Waals surface area contributed by atoms with Crippen molar-refractivity contribution in [3.8, 4) is 11.4 Å². The van der Waals surface area contributed by atoms with E-state index >= 15 is 0 Å². The topological polar surface area (TPSA) is 67.1 Å². The van der Waals surface area contributed by atoms with Gasteiger partial charge in [-0.2, -0.15) is 18.2 Å². The molecule has 0 bridgehead atoms. The van der Waals surface area contributed by atoms with E-state index in [1.165, 1.54) is 0 Å². The zero-order chi connectivity index (χ0) is 20.1. The number of rotatable bonds is 7. The van der Waals surface area contributed by atoms with Gasteiger partial charge in [-0.1, -0.05) is 19.0 Å². The van der Waals surface area contributed by atoms with Gasteiger partial charge in [0.05, 0.1) is 12.5 Å². The Hall–Kier alpha value is -2.00. The quantitative estimate of drug-likeness (QED) is 0.766. The maximum atomic E-state index is 12.4. The molecule has 1 atom stereocenters. The molecular formula is C19H26F3N5O. The first kappa shape index (κ1) is 20.7. The third-order valence-electron chi connectivity index (χ3n) is 5.01. The summed E-state index contributed by atoms with van der Waals surface area (Å²) in [7, 11) is 0. The Kier molecular flexibility index (Phi) is 6.66. The van der Waals surface area contributed by atoms with Crippen LogP contribution in [-0.4, -0.2) is 51.9 Å². The van der Waals surface area contributed by atoms with Crippen molar-refractivity contribution in [1.29, 1.82) is 0 Å². The standard InChI is InChI=1S/C19H26F3N5O/c1-13(2)16(18-25-17(26-28-18)14-4-3-8-23-12-14)24-15-5-9-27(10-6-15)11-7-19(20,21)22/h3-4,8,12-13,15-16,24H,5-7,9-11H2,1-2H3/t16-/m0/s1. The van der Waals surface area contributed by atoms with Gasteiger partial charge in [0.2, 0.25) is 11.7 Å². The summed E-state index contributed by atoms with van der Waals surface area (Å²) in [5, 5.41) is 7.63. The van der Waals surface area contributed by atoms with E-state index in [0.29, 0.717) is 24.8 Å². The molecular weight excluding hydrogens is 371 g/mol. The minimum atomic E-state index is -4.10. The number of likely N-dealkylation sites (tertiary alicyclic amines) is 1. The summed E-state index contributed by atoms with van der Waals surface area (Å²) < 4.78 is 42.7. The predicted octanol–water partition coefficient (Wildman–Crippen LogP) is 3.84. The molecule has 3 rings (SSSR count). The van der Waals surface area contributed by atoms with Crippen molar-refractivity contribution in [3.63, 3.8) is 0 Å². The summed E-state index contributed by atoms with van der Waals surface area (Å²) >= 11 is 0. The van der Waals surface area contributed by atoms with Gasteiger partial charge < -0.3 is 14.7 Å². The van der Waals surface area contributed by atoms with Gasteiger partial charge in [-0.25, -0.2) is 0 Å². The Labute approximate surface area is 162 Å². The maximum Gasteiger partial charge on any atom is 0.390 e. The van der Waals surface area contributed by atoms with Gasteiger partial charge in [0.15, 0.2) is 0 Å². The number of alkyl halides is 3. The Morgan fingerprint density at radius 3 is 2.64 bits per heavy atom. The first-order valence-corrected chi connectivity index (χ1v) is 9.61. The highest BCUT2D eigenvalue weighted by Gasteiger charge is 2.31. The van der Waals surface area contributed by atoms with Gasteiger partial charge in [0.1, 0.15) is 0 Å². The molecule has 1 aliphatic heterocycles. The molecule has 2 aromatic rings. The van der Waals surface area contributed by atoms with E-state index in [9.17, 15) is 13.2 Å². The molecule has 28 heavy (non-hydrogen) atoms. The van der Waals surface area contributed by atoms with Crippen LogP contribution in [0.2, 0.25) is 0 Å². The fourth-order valence-corrected chi connectivity index (χ4v) is 3.38. The molecule has 0 amide bonds. The number of hydrogen-bond donors (Lipinski definition) is 1. The van der Waals surface area contributed by atoms with Crippen molar-refractivity contribution < 1.29 is 17.7 Å². The van der Waals surface area contributed by atoms with Crippen molar-refractivity contribution in [1.82, 2.24) is 25.3 Å². The summed E-state index contributed by atoms with van der Waals surface area (Å²) in [6, 6.07) is 3.79. The van der Waals surface area contributed by atoms with E-state index in [-0.39, 0.29) is 24.5 Å². The number of nitrogens with one attached hydrogen (secondary N) is 1. The average molecular weight is 397 g/mol. The molecule has 0 aliphatic carbocycles. The average Bonchev–Trinajstić information content (AvgIpc) is 3.15. The van der Waals surface area contributed by atoms with Crippen LogP contribution >= 0.6 is 0 Å². The van der Waals surface area contributed by atoms with E-state index in [1.807, 2.05) is 17.0 Å². The molecule has 0 aromatic carbocycles. The van der Waals surface area contributed by atoms with Crippen LogP contribution in [0, 0.1) is 5.92 Å². The van der Waals surface area contributed by atoms with Crippen LogP contribution in [0.5, 0.6) is 0 Å². The molecule has 1 fully saturated rings. The second-order valence-electron chi connectivity index (χ2n) is 7.57. The zero-order valence-corrected chi connectivity index (χ0v) is 16.1. The molecule has 6 nitrogen and oxygen atoms in total. The third kappa shape index (κ3) is 5.75. The Morgan fingerprint density at radius 1 is 1.29 bits per heavy atom. The minimum Gasteiger partial charge on any atom is -0.337 e. The van der Waals surface area contributed by atoms with Crippen LogP contribution in [-0.2, 0) is 0 Å². The molecule has 1 N–H and O–H groups in total. The molecule has 0 spiro atoms. The van der Waals surface area contributed by atoms with Crippen molar-refractivity contribution >= 4 is 0 Å². The van der Waals surface area contributed by atoms with Crippen LogP contribution in [0.1, 0.15) is 45.0 Å². The minimum absolute atomic E-state index is 0.0714. The van der Waals surface area contributed by atoms with Gasteiger partial charge in [0, 0.05) is 30.5 Å². The van der Waals surface area contributed by atoms with Gasteiger partial charge >= 0.3 is 6.18 Å². The Morgan fingerprint density at radius 2 is 2.04 bits per heavy atom. The normalized spacial score (nSPS) is 17.9. The summed E-state index contributed by atoms with van der Waals surface area (Å²) in [6.45, 7) is 5.53. The van der Waals surface area contributed by atoms with Crippen molar-refractivity contribution in [2.45, 2.75) is 51.4 Å². The van der Waals surface area contributed by atoms with Crippen LogP contribution in [0.25, 0.3) is 11.4 Å². The van der Waals surface area contributed by atoms with E-state index in [1.54, 1.807) is 12.4 Å². The molecule has 0 saturated carbocycles. The second kappa shape index (κ2) is 9.00. The van der Waals surface area contributed by atoms with E-state index < -0.39 is 12.6 Å². The van der Waals surface area contributed by atoms with Crippen molar-refractivity contribution in [2.75, 3.05) is 19.6 Å². The summed E-state index contributed by atoms with van der Waals surface area (Å²) in [5.74, 6) is 1.25. The maximum absolute atomic E-state index is 12.4. The summed E-state index contributed by atoms with van der Waals surface area (Å²) in [4.78, 5) is 10.5. The second-order valence-corrected chi connectivity index (χ2v) is 7.57. The predicted molar refractivity (Wildman–Crippen MR) is 98.4 cm³/mol. The lowest BCUT2D eigenvalue weighted by molar-refractivity contribution is -0.138. The fourth-order valence-electron chi connectivity index (χ4n) is 3.38. The Bertz CT molecular complexity index is 727. The number of pyridine rings is 1. The lowest BCUT2D eigenvalue weighted by Gasteiger charge is -2.34. The lowest BCUT2D eigenvalue weighted by atomic mass is 9.99. The van der Waals surface area contributed by atoms with Crippen molar-refractivity contribution in [2.24, 2.45) is 5.92 Å². The number of halogens is 3. The first-order chi connectivity index (χ1) is 13.3. The van der Waals surface area contributed by atoms with E-state index in [2.05, 4.69) is 34.3 Å². The molecule has 154 valence electrons. The van der Waals surface area contributed by atoms with Gasteiger partial charge in [0.25, 0.3) is 0 Å². The van der Waals surface area contributed by atoms with Crippen molar-refractivity contribution in [3.05, 3.63) is 30.4 Å². The van der Waals surface area contributed by atoms with Gasteiger partial charge in [-0.15, -0.1) is 0 Å². The largest absolute Gasteiger partial charge is 0.390 e. The molecule has 0 radical (unpaired) electrons. The molecule has 0 unspecified atom stereocenters. The van der Waals surface area contributed by atoms with Gasteiger partial charge in [-0.05, 0) is 44.0 Å². The number of piperidine rings is 1. The molecule has 2 aromatic heterocycles. The van der Waals surface area contributed by atoms with Crippen LogP contribution in [0.15, 0.2) is 29.0 Å². The van der Waals surface area contributed by atoms with Crippen LogP contribution < -0.4 is 5.32 Å². The Balaban J connectivity index is 1.57. The zero-order valence-electron chi connectivity index (χ0n) is 16.1. The van der Waals surface area contributed by atoms with Crippen LogP contribution in [0.3, 0.4) is 0 Å². The lowest BCUT2D eigenvalue weighted by Crippen LogP contribution is -2.45. The number of hydrogen-bond acceptors (Lipinski definition) is 6. The molecule has 3 heterocycles. The van der Waals surface area contributed by atoms with Gasteiger partial charge in [-0.3, -0.25) is 4.98 Å². The van der Waals surface area contributed by atoms with E-state index in [4.69, 9.17) is 4.52 Å². The monoisotopic (exact) mass is 397 g/mol. The number of nitrogens with zero attached hydrogens (tertiary/aromatic N) is 4. The molecule has 1 saturated heterocycles. The highest BCUT2D eigenvalue weighted by Crippen LogP contribution is 2.26.